The Morgan fingerprint density at radius 3 is 1.32 bits per heavy atom. The minimum atomic E-state index is -1.75. The SMILES string of the molecule is Cl.O=[N+]([O-])[O-].[K+].c1ccc(Nc2ccccc2)cc1. The van der Waals surface area contributed by atoms with Crippen LogP contribution in [0.5, 0.6) is 0 Å². The van der Waals surface area contributed by atoms with Gasteiger partial charge < -0.3 is 20.6 Å². The van der Waals surface area contributed by atoms with Gasteiger partial charge >= 0.3 is 51.4 Å². The average Bonchev–Trinajstić information content (AvgIpc) is 2.31. The summed E-state index contributed by atoms with van der Waals surface area (Å²) in [4.78, 5) is 8.25. The first-order valence-corrected chi connectivity index (χ1v) is 4.87. The fourth-order valence-corrected chi connectivity index (χ4v) is 1.21. The van der Waals surface area contributed by atoms with Crippen LogP contribution >= 0.6 is 12.4 Å². The Bertz CT molecular complexity index is 416. The predicted molar refractivity (Wildman–Crippen MR) is 73.8 cm³/mol. The molecule has 0 saturated carbocycles. The molecule has 2 aromatic rings. The summed E-state index contributed by atoms with van der Waals surface area (Å²) in [5.41, 5.74) is 2.24. The average molecular weight is 307 g/mol. The summed E-state index contributed by atoms with van der Waals surface area (Å²) in [5, 5.41) is 18.1. The van der Waals surface area contributed by atoms with Gasteiger partial charge in [-0.15, -0.1) is 12.4 Å². The van der Waals surface area contributed by atoms with E-state index < -0.39 is 5.09 Å². The number of rotatable bonds is 2. The molecule has 2 rings (SSSR count). The van der Waals surface area contributed by atoms with Crippen LogP contribution in [0, 0.1) is 15.3 Å². The van der Waals surface area contributed by atoms with Gasteiger partial charge in [-0.25, -0.2) is 0 Å². The largest absolute Gasteiger partial charge is 1.00 e. The molecule has 7 heteroatoms. The molecule has 0 aliphatic heterocycles. The van der Waals surface area contributed by atoms with Gasteiger partial charge in [0.1, 0.15) is 0 Å². The van der Waals surface area contributed by atoms with Gasteiger partial charge in [0.05, 0.1) is 5.09 Å². The quantitative estimate of drug-likeness (QED) is 0.501. The van der Waals surface area contributed by atoms with Gasteiger partial charge in [0.25, 0.3) is 0 Å². The summed E-state index contributed by atoms with van der Waals surface area (Å²) in [5.74, 6) is 0. The molecule has 0 aliphatic carbocycles. The van der Waals surface area contributed by atoms with E-state index in [1.165, 1.54) is 0 Å². The summed E-state index contributed by atoms with van der Waals surface area (Å²) < 4.78 is 0. The zero-order valence-corrected chi connectivity index (χ0v) is 14.3. The smallest absolute Gasteiger partial charge is 0.356 e. The van der Waals surface area contributed by atoms with E-state index in [1.54, 1.807) is 0 Å². The number of hydrogen-bond acceptors (Lipinski definition) is 4. The van der Waals surface area contributed by atoms with Gasteiger partial charge in [0.15, 0.2) is 0 Å². The second-order valence-corrected chi connectivity index (χ2v) is 3.08. The fourth-order valence-electron chi connectivity index (χ4n) is 1.21. The third-order valence-corrected chi connectivity index (χ3v) is 1.84. The van der Waals surface area contributed by atoms with Crippen molar-refractivity contribution in [2.75, 3.05) is 5.32 Å². The van der Waals surface area contributed by atoms with E-state index in [1.807, 2.05) is 60.7 Å². The topological polar surface area (TPSA) is 78.2 Å². The van der Waals surface area contributed by atoms with E-state index in [4.69, 9.17) is 15.3 Å². The number of nitrogens with zero attached hydrogens (tertiary/aromatic N) is 1. The molecule has 19 heavy (non-hydrogen) atoms. The number of benzene rings is 2. The van der Waals surface area contributed by atoms with Crippen LogP contribution in [0.3, 0.4) is 0 Å². The molecule has 96 valence electrons. The van der Waals surface area contributed by atoms with Gasteiger partial charge in [-0.1, -0.05) is 36.4 Å². The van der Waals surface area contributed by atoms with Crippen molar-refractivity contribution in [3.05, 3.63) is 76.0 Å². The van der Waals surface area contributed by atoms with Crippen LogP contribution in [0.2, 0.25) is 0 Å². The normalized spacial score (nSPS) is 7.79. The van der Waals surface area contributed by atoms with Crippen molar-refractivity contribution in [1.82, 2.24) is 0 Å². The molecule has 0 aromatic heterocycles. The Labute approximate surface area is 160 Å². The van der Waals surface area contributed by atoms with E-state index in [-0.39, 0.29) is 63.8 Å². The molecule has 5 nitrogen and oxygen atoms in total. The molecule has 0 fully saturated rings. The van der Waals surface area contributed by atoms with E-state index in [0.29, 0.717) is 0 Å². The van der Waals surface area contributed by atoms with Crippen LogP contribution in [-0.4, -0.2) is 5.09 Å². The van der Waals surface area contributed by atoms with Gasteiger partial charge in [0, 0.05) is 11.4 Å². The van der Waals surface area contributed by atoms with Crippen molar-refractivity contribution in [3.8, 4) is 0 Å². The Morgan fingerprint density at radius 2 is 1.05 bits per heavy atom. The van der Waals surface area contributed by atoms with Crippen molar-refractivity contribution in [1.29, 1.82) is 0 Å². The molecule has 0 saturated heterocycles. The first kappa shape index (κ1) is 20.7. The maximum Gasteiger partial charge on any atom is 1.00 e. The van der Waals surface area contributed by atoms with Crippen molar-refractivity contribution < 1.29 is 56.5 Å². The predicted octanol–water partition coefficient (Wildman–Crippen LogP) is 0.617. The number of hydrogen-bond donors (Lipinski definition) is 1. The van der Waals surface area contributed by atoms with Crippen molar-refractivity contribution in [3.63, 3.8) is 0 Å². The Hall–Kier alpha value is -0.634. The molecule has 0 atom stereocenters. The zero-order chi connectivity index (χ0) is 12.5. The molecule has 0 unspecified atom stereocenters. The van der Waals surface area contributed by atoms with E-state index in [9.17, 15) is 0 Å². The summed E-state index contributed by atoms with van der Waals surface area (Å²) in [6, 6.07) is 20.3. The number of anilines is 2. The standard InChI is InChI=1S/C12H11N.ClH.K.NO3/c1-3-7-11(8-4-1)13-12-9-5-2-6-10-12;;;2-1(3)4/h1-10,13H;1H;;/q;;+1;-1. The molecule has 0 radical (unpaired) electrons. The number of nitrogens with one attached hydrogen (secondary N) is 1. The van der Waals surface area contributed by atoms with E-state index in [2.05, 4.69) is 5.32 Å². The minimum Gasteiger partial charge on any atom is -0.356 e. The van der Waals surface area contributed by atoms with Crippen LogP contribution < -0.4 is 56.7 Å². The Kier molecular flexibility index (Phi) is 13.5. The molecular weight excluding hydrogens is 295 g/mol. The van der Waals surface area contributed by atoms with Crippen molar-refractivity contribution in [2.24, 2.45) is 0 Å². The van der Waals surface area contributed by atoms with Crippen LogP contribution in [0.25, 0.3) is 0 Å². The second kappa shape index (κ2) is 12.4. The van der Waals surface area contributed by atoms with E-state index in [0.717, 1.165) is 11.4 Å². The number of para-hydroxylation sites is 2. The van der Waals surface area contributed by atoms with Crippen LogP contribution in [-0.2, 0) is 0 Å². The fraction of sp³-hybridized carbons (Fsp3) is 0. The van der Waals surface area contributed by atoms with Gasteiger partial charge in [-0.2, -0.15) is 0 Å². The van der Waals surface area contributed by atoms with Gasteiger partial charge in [-0.05, 0) is 24.3 Å². The maximum atomic E-state index is 8.25. The van der Waals surface area contributed by atoms with Gasteiger partial charge in [-0.3, -0.25) is 0 Å². The monoisotopic (exact) mass is 306 g/mol. The molecule has 0 aliphatic rings. The molecule has 0 bridgehead atoms. The van der Waals surface area contributed by atoms with Crippen molar-refractivity contribution in [2.45, 2.75) is 0 Å². The first-order valence-electron chi connectivity index (χ1n) is 4.87. The Balaban J connectivity index is 0. The molecule has 1 N–H and O–H groups in total. The first-order chi connectivity index (χ1) is 8.18. The molecule has 0 heterocycles. The maximum absolute atomic E-state index is 8.25. The summed E-state index contributed by atoms with van der Waals surface area (Å²) in [6.07, 6.45) is 0. The molecule has 0 spiro atoms. The molecular formula is C12H12ClKN2O3. The van der Waals surface area contributed by atoms with Crippen LogP contribution in [0.1, 0.15) is 0 Å². The summed E-state index contributed by atoms with van der Waals surface area (Å²) >= 11 is 0. The molecule has 2 aromatic carbocycles. The Morgan fingerprint density at radius 1 is 0.789 bits per heavy atom. The summed E-state index contributed by atoms with van der Waals surface area (Å²) in [6.45, 7) is 0. The van der Waals surface area contributed by atoms with Gasteiger partial charge in [0.2, 0.25) is 0 Å². The van der Waals surface area contributed by atoms with Crippen molar-refractivity contribution >= 4 is 23.8 Å². The molecule has 0 amide bonds. The van der Waals surface area contributed by atoms with Crippen LogP contribution in [0.15, 0.2) is 60.7 Å². The van der Waals surface area contributed by atoms with Crippen LogP contribution in [0.4, 0.5) is 11.4 Å². The van der Waals surface area contributed by atoms with E-state index >= 15 is 0 Å². The third kappa shape index (κ3) is 10.9. The second-order valence-electron chi connectivity index (χ2n) is 3.08. The number of halogens is 1. The third-order valence-electron chi connectivity index (χ3n) is 1.84. The zero-order valence-electron chi connectivity index (χ0n) is 10.4. The minimum absolute atomic E-state index is 0. The summed E-state index contributed by atoms with van der Waals surface area (Å²) in [7, 11) is 0.